The Labute approximate surface area is 191 Å². The van der Waals surface area contributed by atoms with Gasteiger partial charge in [0.05, 0.1) is 16.8 Å². The molecule has 1 N–H and O–H groups in total. The number of hydrogen-bond acceptors (Lipinski definition) is 4. The molecule has 0 saturated carbocycles. The Morgan fingerprint density at radius 2 is 1.77 bits per heavy atom. The van der Waals surface area contributed by atoms with E-state index in [0.717, 1.165) is 9.87 Å². The van der Waals surface area contributed by atoms with E-state index in [2.05, 4.69) is 10.5 Å². The Hall–Kier alpha value is -2.87. The number of hydrogen-bond donors (Lipinski definition) is 1. The van der Waals surface area contributed by atoms with Gasteiger partial charge in [-0.25, -0.2) is 13.8 Å². The fourth-order valence-corrected chi connectivity index (χ4v) is 4.51. The average Bonchev–Trinajstić information content (AvgIpc) is 2.75. The third kappa shape index (κ3) is 5.85. The maximum Gasteiger partial charge on any atom is 0.264 e. The second-order valence-corrected chi connectivity index (χ2v) is 9.31. The molecule has 0 heterocycles. The number of hydrazone groups is 1. The Kier molecular flexibility index (Phi) is 7.33. The molecule has 0 atom stereocenters. The van der Waals surface area contributed by atoms with Crippen molar-refractivity contribution < 1.29 is 13.2 Å². The second kappa shape index (κ2) is 9.96. The summed E-state index contributed by atoms with van der Waals surface area (Å²) in [6.07, 6.45) is 1.42. The van der Waals surface area contributed by atoms with Crippen LogP contribution in [0, 0.1) is 6.92 Å². The molecule has 0 aliphatic rings. The summed E-state index contributed by atoms with van der Waals surface area (Å²) in [4.78, 5) is 12.6. The fraction of sp³-hybridized carbons (Fsp3) is 0.0909. The van der Waals surface area contributed by atoms with E-state index in [1.165, 1.54) is 24.4 Å². The molecule has 0 radical (unpaired) electrons. The van der Waals surface area contributed by atoms with Crippen LogP contribution in [0.15, 0.2) is 82.8 Å². The maximum atomic E-state index is 13.2. The molecule has 0 aliphatic carbocycles. The predicted molar refractivity (Wildman–Crippen MR) is 124 cm³/mol. The summed E-state index contributed by atoms with van der Waals surface area (Å²) >= 11 is 12.1. The van der Waals surface area contributed by atoms with Crippen molar-refractivity contribution in [1.82, 2.24) is 5.43 Å². The molecule has 3 aromatic carbocycles. The van der Waals surface area contributed by atoms with Crippen LogP contribution >= 0.6 is 23.2 Å². The predicted octanol–water partition coefficient (Wildman–Crippen LogP) is 4.65. The van der Waals surface area contributed by atoms with Crippen molar-refractivity contribution in [2.75, 3.05) is 10.8 Å². The number of sulfonamides is 1. The van der Waals surface area contributed by atoms with Crippen LogP contribution in [0.4, 0.5) is 5.69 Å². The molecule has 3 rings (SSSR count). The van der Waals surface area contributed by atoms with E-state index in [0.29, 0.717) is 15.6 Å². The zero-order valence-corrected chi connectivity index (χ0v) is 18.8. The molecule has 0 aromatic heterocycles. The standard InChI is InChI=1S/C22H19Cl2N3O3S/c1-16-10-11-19(13-21(16)24)27(31(29,30)20-8-3-2-4-9-20)15-22(28)26-25-14-17-6-5-7-18(23)12-17/h2-14H,15H2,1H3,(H,26,28)/b25-14-. The van der Waals surface area contributed by atoms with E-state index in [4.69, 9.17) is 23.2 Å². The molecule has 9 heteroatoms. The Morgan fingerprint density at radius 3 is 2.45 bits per heavy atom. The summed E-state index contributed by atoms with van der Waals surface area (Å²) in [5, 5.41) is 4.81. The first-order chi connectivity index (χ1) is 14.8. The monoisotopic (exact) mass is 475 g/mol. The number of rotatable bonds is 7. The van der Waals surface area contributed by atoms with Crippen LogP contribution in [0.1, 0.15) is 11.1 Å². The van der Waals surface area contributed by atoms with Crippen LogP contribution in [0.3, 0.4) is 0 Å². The lowest BCUT2D eigenvalue weighted by Gasteiger charge is -2.24. The molecular formula is C22H19Cl2N3O3S. The number of anilines is 1. The van der Waals surface area contributed by atoms with Gasteiger partial charge in [0.15, 0.2) is 0 Å². The Morgan fingerprint density at radius 1 is 1.03 bits per heavy atom. The number of nitrogens with zero attached hydrogens (tertiary/aromatic N) is 2. The van der Waals surface area contributed by atoms with Crippen LogP contribution in [0.5, 0.6) is 0 Å². The van der Waals surface area contributed by atoms with Gasteiger partial charge in [0, 0.05) is 10.0 Å². The minimum Gasteiger partial charge on any atom is -0.271 e. The minimum atomic E-state index is -4.02. The van der Waals surface area contributed by atoms with Gasteiger partial charge in [-0.15, -0.1) is 0 Å². The van der Waals surface area contributed by atoms with Crippen molar-refractivity contribution in [1.29, 1.82) is 0 Å². The molecule has 0 fully saturated rings. The number of nitrogens with one attached hydrogen (secondary N) is 1. The van der Waals surface area contributed by atoms with Gasteiger partial charge in [-0.05, 0) is 54.4 Å². The summed E-state index contributed by atoms with van der Waals surface area (Å²) in [5.41, 5.74) is 4.10. The molecule has 31 heavy (non-hydrogen) atoms. The first-order valence-electron chi connectivity index (χ1n) is 9.19. The lowest BCUT2D eigenvalue weighted by atomic mass is 10.2. The number of amides is 1. The average molecular weight is 476 g/mol. The fourth-order valence-electron chi connectivity index (χ4n) is 2.70. The van der Waals surface area contributed by atoms with Crippen LogP contribution in [-0.2, 0) is 14.8 Å². The van der Waals surface area contributed by atoms with Crippen LogP contribution < -0.4 is 9.73 Å². The highest BCUT2D eigenvalue weighted by molar-refractivity contribution is 7.92. The molecule has 0 saturated heterocycles. The Balaban J connectivity index is 1.86. The van der Waals surface area contributed by atoms with Crippen LogP contribution in [0.2, 0.25) is 10.0 Å². The van der Waals surface area contributed by atoms with Gasteiger partial charge in [0.2, 0.25) is 0 Å². The van der Waals surface area contributed by atoms with Gasteiger partial charge in [-0.3, -0.25) is 9.10 Å². The van der Waals surface area contributed by atoms with Crippen molar-refractivity contribution in [3.05, 3.63) is 94.0 Å². The lowest BCUT2D eigenvalue weighted by Crippen LogP contribution is -2.39. The topological polar surface area (TPSA) is 78.8 Å². The normalized spacial score (nSPS) is 11.5. The van der Waals surface area contributed by atoms with Crippen molar-refractivity contribution in [3.63, 3.8) is 0 Å². The van der Waals surface area contributed by atoms with E-state index in [1.54, 1.807) is 61.5 Å². The third-order valence-electron chi connectivity index (χ3n) is 4.31. The Bertz CT molecular complexity index is 1220. The number of benzene rings is 3. The summed E-state index contributed by atoms with van der Waals surface area (Å²) in [6.45, 7) is 1.32. The quantitative estimate of drug-likeness (QED) is 0.399. The van der Waals surface area contributed by atoms with Crippen LogP contribution in [-0.4, -0.2) is 27.1 Å². The number of aryl methyl sites for hydroxylation is 1. The third-order valence-corrected chi connectivity index (χ3v) is 6.74. The molecular weight excluding hydrogens is 457 g/mol. The lowest BCUT2D eigenvalue weighted by molar-refractivity contribution is -0.119. The van der Waals surface area contributed by atoms with Gasteiger partial charge in [-0.2, -0.15) is 5.10 Å². The van der Waals surface area contributed by atoms with Crippen molar-refractivity contribution >= 4 is 51.0 Å². The van der Waals surface area contributed by atoms with E-state index in [9.17, 15) is 13.2 Å². The maximum absolute atomic E-state index is 13.2. The summed E-state index contributed by atoms with van der Waals surface area (Å²) < 4.78 is 27.5. The highest BCUT2D eigenvalue weighted by Gasteiger charge is 2.27. The highest BCUT2D eigenvalue weighted by atomic mass is 35.5. The molecule has 160 valence electrons. The van der Waals surface area contributed by atoms with E-state index >= 15 is 0 Å². The second-order valence-electron chi connectivity index (χ2n) is 6.61. The molecule has 0 aliphatic heterocycles. The minimum absolute atomic E-state index is 0.0573. The smallest absolute Gasteiger partial charge is 0.264 e. The van der Waals surface area contributed by atoms with E-state index < -0.39 is 22.5 Å². The molecule has 0 unspecified atom stereocenters. The SMILES string of the molecule is Cc1ccc(N(CC(=O)N/N=C\c2cccc(Cl)c2)S(=O)(=O)c2ccccc2)cc1Cl. The first kappa shape index (κ1) is 22.8. The van der Waals surface area contributed by atoms with Crippen molar-refractivity contribution in [2.24, 2.45) is 5.10 Å². The summed E-state index contributed by atoms with van der Waals surface area (Å²) in [7, 11) is -4.02. The van der Waals surface area contributed by atoms with Gasteiger partial charge < -0.3 is 0 Å². The highest BCUT2D eigenvalue weighted by Crippen LogP contribution is 2.27. The van der Waals surface area contributed by atoms with Gasteiger partial charge in [-0.1, -0.05) is 59.6 Å². The van der Waals surface area contributed by atoms with Crippen molar-refractivity contribution in [3.8, 4) is 0 Å². The molecule has 3 aromatic rings. The van der Waals surface area contributed by atoms with Crippen molar-refractivity contribution in [2.45, 2.75) is 11.8 Å². The molecule has 0 spiro atoms. The van der Waals surface area contributed by atoms with E-state index in [1.807, 2.05) is 0 Å². The number of halogens is 2. The van der Waals surface area contributed by atoms with Gasteiger partial charge >= 0.3 is 0 Å². The largest absolute Gasteiger partial charge is 0.271 e. The zero-order chi connectivity index (χ0) is 22.4. The molecule has 0 bridgehead atoms. The number of carbonyl (C=O) groups excluding carboxylic acids is 1. The first-order valence-corrected chi connectivity index (χ1v) is 11.4. The zero-order valence-electron chi connectivity index (χ0n) is 16.5. The molecule has 6 nitrogen and oxygen atoms in total. The van der Waals surface area contributed by atoms with Gasteiger partial charge in [0.1, 0.15) is 6.54 Å². The van der Waals surface area contributed by atoms with Gasteiger partial charge in [0.25, 0.3) is 15.9 Å². The molecule has 1 amide bonds. The summed E-state index contributed by atoms with van der Waals surface area (Å²) in [6, 6.07) is 19.6. The number of carbonyl (C=O) groups is 1. The van der Waals surface area contributed by atoms with Crippen LogP contribution in [0.25, 0.3) is 0 Å². The summed E-state index contributed by atoms with van der Waals surface area (Å²) in [5.74, 6) is -0.616. The van der Waals surface area contributed by atoms with E-state index in [-0.39, 0.29) is 10.6 Å².